The minimum atomic E-state index is -1.36. The Hall–Kier alpha value is -4.75. The Morgan fingerprint density at radius 2 is 0.545 bits per heavy atom. The fraction of sp³-hybridized carbons (Fsp3) is 0.720. The topological polar surface area (TPSA) is 353 Å². The Morgan fingerprint density at radius 3 is 0.755 bits per heavy atom. The van der Waals surface area contributed by atoms with Gasteiger partial charge in [0.05, 0.1) is 365 Å². The van der Waals surface area contributed by atoms with Crippen molar-refractivity contribution in [2.24, 2.45) is 0 Å². The number of rotatable bonds is 83. The van der Waals surface area contributed by atoms with Crippen molar-refractivity contribution in [3.63, 3.8) is 0 Å². The average Bonchev–Trinajstić information content (AvgIpc) is 0.833. The number of carboxylic acid groups (broad SMARTS) is 2. The lowest BCUT2D eigenvalue weighted by molar-refractivity contribution is -0.139. The van der Waals surface area contributed by atoms with Crippen LogP contribution in [0, 0.1) is 0 Å². The lowest BCUT2D eigenvalue weighted by Crippen LogP contribution is -2.42. The number of carboxylic acids is 2. The number of carbonyl (C=O) groups is 3. The van der Waals surface area contributed by atoms with E-state index in [2.05, 4.69) is 5.32 Å². The number of carbonyl (C=O) groups excluding carboxylic acids is 1. The molecule has 35 heteroatoms. The number of aromatic carboxylic acids is 1. The van der Waals surface area contributed by atoms with Crippen LogP contribution in [0.3, 0.4) is 0 Å². The molecule has 0 saturated carbocycles. The first-order valence-electron chi connectivity index (χ1n) is 37.0. The van der Waals surface area contributed by atoms with Gasteiger partial charge in [0, 0.05) is 13.5 Å². The molecule has 0 saturated heterocycles. The van der Waals surface area contributed by atoms with Crippen LogP contribution in [0.25, 0.3) is 11.1 Å². The van der Waals surface area contributed by atoms with Gasteiger partial charge in [-0.15, -0.1) is 0 Å². The summed E-state index contributed by atoms with van der Waals surface area (Å²) >= 11 is 12.3. The van der Waals surface area contributed by atoms with Crippen LogP contribution >= 0.6 is 23.2 Å². The predicted octanol–water partition coefficient (Wildman–Crippen LogP) is 5.35. The summed E-state index contributed by atoms with van der Waals surface area (Å²) in [5, 5.41) is 21.2. The van der Waals surface area contributed by atoms with E-state index in [1.165, 1.54) is 0 Å². The largest absolute Gasteiger partial charge is 0.496 e. The number of hydrogen-bond donors (Lipinski definition) is 3. The van der Waals surface area contributed by atoms with Crippen molar-refractivity contribution < 1.29 is 152 Å². The molecule has 0 radical (unpaired) electrons. The predicted molar refractivity (Wildman–Crippen MR) is 401 cm³/mol. The molecule has 0 aliphatic rings. The van der Waals surface area contributed by atoms with Gasteiger partial charge >= 0.3 is 11.9 Å². The summed E-state index contributed by atoms with van der Waals surface area (Å²) in [6, 6.07) is 11.5. The first kappa shape index (κ1) is 99.4. The molecule has 3 N–H and O–H groups in total. The van der Waals surface area contributed by atoms with Crippen LogP contribution < -0.4 is 14.8 Å². The van der Waals surface area contributed by atoms with E-state index in [4.69, 9.17) is 151 Å². The molecule has 0 aliphatic heterocycles. The van der Waals surface area contributed by atoms with Crippen LogP contribution in [0.4, 0.5) is 0 Å². The normalized spacial score (nSPS) is 11.8. The SMILES string of the molecule is COCCOCCOCCOCCOCCOCCOCCOCCOCCOCCOCCOCCOCCOCCOCCOCCOCCOCCOCCOCCOCCOCCOCCOCCOCc1cc(OC)c(-c2ccc(C[C@H](NC(=O)c3c(Cl)cc(C(=O)O)cc3Cl)C(=O)O)cc2)c(OC)c1. The van der Waals surface area contributed by atoms with Crippen LogP contribution in [0.5, 0.6) is 11.5 Å². The van der Waals surface area contributed by atoms with Gasteiger partial charge in [0.2, 0.25) is 0 Å². The van der Waals surface area contributed by atoms with E-state index in [9.17, 15) is 24.6 Å². The van der Waals surface area contributed by atoms with Crippen molar-refractivity contribution in [3.05, 3.63) is 80.8 Å². The lowest BCUT2D eigenvalue weighted by Gasteiger charge is -2.18. The summed E-state index contributed by atoms with van der Waals surface area (Å²) in [5.41, 5.74) is 2.36. The number of benzene rings is 3. The molecular formula is C75H121Cl2NO32. The van der Waals surface area contributed by atoms with Gasteiger partial charge in [-0.1, -0.05) is 47.5 Å². The Kier molecular flexibility index (Phi) is 66.1. The highest BCUT2D eigenvalue weighted by Gasteiger charge is 2.26. The number of nitrogens with one attached hydrogen (secondary N) is 1. The Bertz CT molecular complexity index is 2610. The molecule has 3 rings (SSSR count). The molecule has 33 nitrogen and oxygen atoms in total. The minimum absolute atomic E-state index is 0.0786. The first-order chi connectivity index (χ1) is 54.1. The van der Waals surface area contributed by atoms with Gasteiger partial charge in [-0.3, -0.25) is 4.79 Å². The maximum Gasteiger partial charge on any atom is 0.335 e. The van der Waals surface area contributed by atoms with Gasteiger partial charge in [0.15, 0.2) is 0 Å². The maximum atomic E-state index is 13.0. The van der Waals surface area contributed by atoms with Crippen LogP contribution in [0.2, 0.25) is 10.0 Å². The number of halogens is 2. The first-order valence-corrected chi connectivity index (χ1v) is 37.8. The van der Waals surface area contributed by atoms with E-state index in [0.717, 1.165) is 23.3 Å². The van der Waals surface area contributed by atoms with E-state index >= 15 is 0 Å². The highest BCUT2D eigenvalue weighted by molar-refractivity contribution is 6.40. The molecule has 3 aromatic rings. The number of ether oxygens (including phenoxy) is 27. The second kappa shape index (κ2) is 73.2. The molecule has 0 aliphatic carbocycles. The molecular weight excluding hydrogens is 1500 g/mol. The summed E-state index contributed by atoms with van der Waals surface area (Å²) in [6.45, 7) is 22.8. The number of amides is 1. The van der Waals surface area contributed by atoms with E-state index in [-0.39, 0.29) is 34.2 Å². The fourth-order valence-electron chi connectivity index (χ4n) is 9.11. The van der Waals surface area contributed by atoms with E-state index in [1.54, 1.807) is 45.6 Å². The Balaban J connectivity index is 0.941. The van der Waals surface area contributed by atoms with E-state index in [0.29, 0.717) is 340 Å². The van der Waals surface area contributed by atoms with Crippen LogP contribution in [0.15, 0.2) is 48.5 Å². The van der Waals surface area contributed by atoms with Crippen molar-refractivity contribution in [2.75, 3.05) is 338 Å². The third-order valence-corrected chi connectivity index (χ3v) is 15.2. The highest BCUT2D eigenvalue weighted by Crippen LogP contribution is 2.40. The molecule has 1 amide bonds. The van der Waals surface area contributed by atoms with Gasteiger partial charge in [-0.2, -0.15) is 0 Å². The number of hydrogen-bond acceptors (Lipinski definition) is 30. The van der Waals surface area contributed by atoms with Gasteiger partial charge in [-0.25, -0.2) is 9.59 Å². The van der Waals surface area contributed by atoms with Gasteiger partial charge in [0.25, 0.3) is 5.91 Å². The van der Waals surface area contributed by atoms with E-state index in [1.807, 2.05) is 12.1 Å². The lowest BCUT2D eigenvalue weighted by atomic mass is 9.98. The van der Waals surface area contributed by atoms with Gasteiger partial charge in [0.1, 0.15) is 17.5 Å². The monoisotopic (exact) mass is 1620 g/mol. The molecule has 0 spiro atoms. The summed E-state index contributed by atoms with van der Waals surface area (Å²) in [7, 11) is 4.73. The van der Waals surface area contributed by atoms with E-state index < -0.39 is 23.9 Å². The molecule has 0 fully saturated rings. The third-order valence-electron chi connectivity index (χ3n) is 14.6. The van der Waals surface area contributed by atoms with Gasteiger partial charge < -0.3 is 143 Å². The number of methoxy groups -OCH3 is 3. The molecule has 0 bridgehead atoms. The molecule has 0 aromatic heterocycles. The molecule has 632 valence electrons. The second-order valence-electron chi connectivity index (χ2n) is 22.9. The average molecular weight is 1620 g/mol. The van der Waals surface area contributed by atoms with Crippen LogP contribution in [-0.4, -0.2) is 373 Å². The molecule has 0 heterocycles. The zero-order chi connectivity index (χ0) is 78.9. The summed E-state index contributed by atoms with van der Waals surface area (Å²) < 4.78 is 149. The summed E-state index contributed by atoms with van der Waals surface area (Å²) in [4.78, 5) is 36.6. The Labute approximate surface area is 657 Å². The summed E-state index contributed by atoms with van der Waals surface area (Å²) in [6.07, 6.45) is -0.0786. The third kappa shape index (κ3) is 54.9. The minimum Gasteiger partial charge on any atom is -0.496 e. The highest BCUT2D eigenvalue weighted by atomic mass is 35.5. The van der Waals surface area contributed by atoms with Crippen molar-refractivity contribution in [1.29, 1.82) is 0 Å². The Morgan fingerprint density at radius 1 is 0.318 bits per heavy atom. The van der Waals surface area contributed by atoms with Crippen LogP contribution in [-0.2, 0) is 136 Å². The van der Waals surface area contributed by atoms with Gasteiger partial charge in [-0.05, 0) is 41.0 Å². The van der Waals surface area contributed by atoms with Crippen molar-refractivity contribution >= 4 is 41.0 Å². The van der Waals surface area contributed by atoms with Crippen LogP contribution in [0.1, 0.15) is 31.8 Å². The zero-order valence-electron chi connectivity index (χ0n) is 64.4. The van der Waals surface area contributed by atoms with Crippen molar-refractivity contribution in [3.8, 4) is 22.6 Å². The summed E-state index contributed by atoms with van der Waals surface area (Å²) in [5.74, 6) is -2.39. The van der Waals surface area contributed by atoms with Crippen molar-refractivity contribution in [2.45, 2.75) is 19.1 Å². The fourth-order valence-corrected chi connectivity index (χ4v) is 9.77. The standard InChI is InChI=1S/C75H121Cl2NO32/c1-84-8-9-87-10-11-88-12-13-89-14-15-90-16-17-91-18-19-92-20-21-93-22-23-94-24-25-95-26-27-96-28-29-97-30-31-98-32-33-99-34-35-100-36-37-101-38-39-102-40-41-103-42-43-104-44-45-105-46-47-106-48-49-107-50-51-108-52-53-109-54-55-110-61-63-57-69(85-2)71(70(58-63)86-3)64-6-4-62(5-7-64)56-68(75(82)83)78-73(79)72-66(76)59-65(74(80)81)60-67(72)77/h4-7,57-60,68H,8-56,61H2,1-3H3,(H,78,79)(H,80,81)(H,82,83)/t68-/m0/s1. The maximum absolute atomic E-state index is 13.0. The molecule has 0 unspecified atom stereocenters. The second-order valence-corrected chi connectivity index (χ2v) is 23.7. The van der Waals surface area contributed by atoms with Crippen molar-refractivity contribution in [1.82, 2.24) is 5.32 Å². The number of aliphatic carboxylic acids is 1. The molecule has 110 heavy (non-hydrogen) atoms. The molecule has 1 atom stereocenters. The molecule has 3 aromatic carbocycles. The smallest absolute Gasteiger partial charge is 0.335 e. The quantitative estimate of drug-likeness (QED) is 0.0600. The zero-order valence-corrected chi connectivity index (χ0v) is 66.0.